The number of phenolic OH excluding ortho intramolecular Hbond substituents is 1. The van der Waals surface area contributed by atoms with Crippen molar-refractivity contribution >= 4 is 17.9 Å². The molecular formula is C13H9ClFNO3. The van der Waals surface area contributed by atoms with Crippen LogP contribution < -0.4 is 0 Å². The molecule has 0 spiro atoms. The SMILES string of the molecule is O=Cc1cc(F)c(-c2ccc(Cl)c(CO)n2)cc1O. The van der Waals surface area contributed by atoms with E-state index in [-0.39, 0.29) is 39.9 Å². The zero-order valence-corrected chi connectivity index (χ0v) is 10.4. The Balaban J connectivity index is 2.59. The minimum absolute atomic E-state index is 0.0227. The Morgan fingerprint density at radius 3 is 2.74 bits per heavy atom. The summed E-state index contributed by atoms with van der Waals surface area (Å²) in [5, 5.41) is 18.9. The van der Waals surface area contributed by atoms with Gasteiger partial charge in [-0.25, -0.2) is 9.37 Å². The monoisotopic (exact) mass is 281 g/mol. The van der Waals surface area contributed by atoms with Crippen molar-refractivity contribution in [3.05, 3.63) is 46.4 Å². The third-order valence-corrected chi connectivity index (χ3v) is 2.93. The van der Waals surface area contributed by atoms with Gasteiger partial charge in [0.1, 0.15) is 11.6 Å². The summed E-state index contributed by atoms with van der Waals surface area (Å²) in [5.41, 5.74) is 0.295. The van der Waals surface area contributed by atoms with Gasteiger partial charge in [0.25, 0.3) is 0 Å². The van der Waals surface area contributed by atoms with Crippen molar-refractivity contribution < 1.29 is 19.4 Å². The van der Waals surface area contributed by atoms with Crippen LogP contribution in [0.2, 0.25) is 5.02 Å². The number of halogens is 2. The number of aliphatic hydroxyl groups excluding tert-OH is 1. The predicted octanol–water partition coefficient (Wildman–Crippen LogP) is 2.55. The number of hydrogen-bond acceptors (Lipinski definition) is 4. The van der Waals surface area contributed by atoms with Crippen LogP contribution in [-0.2, 0) is 6.61 Å². The smallest absolute Gasteiger partial charge is 0.153 e. The second kappa shape index (κ2) is 5.34. The van der Waals surface area contributed by atoms with Crippen LogP contribution in [0.1, 0.15) is 16.1 Å². The lowest BCUT2D eigenvalue weighted by Crippen LogP contribution is -1.96. The summed E-state index contributed by atoms with van der Waals surface area (Å²) >= 11 is 5.79. The summed E-state index contributed by atoms with van der Waals surface area (Å²) in [6.45, 7) is -0.382. The number of pyridine rings is 1. The fraction of sp³-hybridized carbons (Fsp3) is 0.0769. The molecule has 0 aliphatic heterocycles. The van der Waals surface area contributed by atoms with Gasteiger partial charge in [-0.2, -0.15) is 0 Å². The third kappa shape index (κ3) is 2.57. The maximum atomic E-state index is 13.8. The van der Waals surface area contributed by atoms with Crippen LogP contribution in [0.4, 0.5) is 4.39 Å². The van der Waals surface area contributed by atoms with E-state index in [2.05, 4.69) is 4.98 Å². The number of nitrogens with zero attached hydrogens (tertiary/aromatic N) is 1. The van der Waals surface area contributed by atoms with Gasteiger partial charge in [0.2, 0.25) is 0 Å². The molecule has 1 aromatic carbocycles. The Hall–Kier alpha value is -1.98. The summed E-state index contributed by atoms with van der Waals surface area (Å²) in [6, 6.07) is 4.96. The van der Waals surface area contributed by atoms with Crippen LogP contribution in [0, 0.1) is 5.82 Å². The Morgan fingerprint density at radius 2 is 2.11 bits per heavy atom. The molecule has 0 amide bonds. The first kappa shape index (κ1) is 13.5. The average Bonchev–Trinajstić information content (AvgIpc) is 2.41. The van der Waals surface area contributed by atoms with Crippen molar-refractivity contribution in [2.45, 2.75) is 6.61 Å². The molecule has 0 unspecified atom stereocenters. The number of benzene rings is 1. The van der Waals surface area contributed by atoms with E-state index in [1.807, 2.05) is 0 Å². The lowest BCUT2D eigenvalue weighted by molar-refractivity contribution is 0.112. The first-order valence-corrected chi connectivity index (χ1v) is 5.69. The van der Waals surface area contributed by atoms with Gasteiger partial charge in [-0.1, -0.05) is 11.6 Å². The second-order valence-electron chi connectivity index (χ2n) is 3.79. The topological polar surface area (TPSA) is 70.4 Å². The van der Waals surface area contributed by atoms with Crippen molar-refractivity contribution in [3.63, 3.8) is 0 Å². The van der Waals surface area contributed by atoms with E-state index >= 15 is 0 Å². The van der Waals surface area contributed by atoms with E-state index in [1.54, 1.807) is 0 Å². The van der Waals surface area contributed by atoms with Crippen LogP contribution in [0.25, 0.3) is 11.3 Å². The number of aliphatic hydroxyl groups is 1. The second-order valence-corrected chi connectivity index (χ2v) is 4.20. The van der Waals surface area contributed by atoms with Gasteiger partial charge >= 0.3 is 0 Å². The lowest BCUT2D eigenvalue weighted by Gasteiger charge is -2.07. The first-order valence-electron chi connectivity index (χ1n) is 5.31. The normalized spacial score (nSPS) is 10.5. The lowest BCUT2D eigenvalue weighted by atomic mass is 10.1. The molecule has 0 saturated heterocycles. The first-order chi connectivity index (χ1) is 9.06. The summed E-state index contributed by atoms with van der Waals surface area (Å²) in [7, 11) is 0. The number of hydrogen-bond donors (Lipinski definition) is 2. The predicted molar refractivity (Wildman–Crippen MR) is 67.6 cm³/mol. The number of carbonyl (C=O) groups excluding carboxylic acids is 1. The highest BCUT2D eigenvalue weighted by Crippen LogP contribution is 2.29. The molecule has 0 saturated carbocycles. The molecule has 98 valence electrons. The molecule has 1 heterocycles. The fourth-order valence-corrected chi connectivity index (χ4v) is 1.78. The molecule has 1 aromatic heterocycles. The van der Waals surface area contributed by atoms with Crippen LogP contribution in [0.5, 0.6) is 5.75 Å². The average molecular weight is 282 g/mol. The zero-order chi connectivity index (χ0) is 14.0. The quantitative estimate of drug-likeness (QED) is 0.848. The maximum absolute atomic E-state index is 13.8. The Morgan fingerprint density at radius 1 is 1.37 bits per heavy atom. The number of aromatic hydroxyl groups is 1. The van der Waals surface area contributed by atoms with E-state index in [0.29, 0.717) is 6.29 Å². The van der Waals surface area contributed by atoms with Crippen molar-refractivity contribution in [3.8, 4) is 17.0 Å². The van der Waals surface area contributed by atoms with Gasteiger partial charge in [0.15, 0.2) is 6.29 Å². The zero-order valence-electron chi connectivity index (χ0n) is 9.60. The molecule has 0 radical (unpaired) electrons. The molecule has 0 atom stereocenters. The van der Waals surface area contributed by atoms with Crippen LogP contribution in [0.15, 0.2) is 24.3 Å². The standard InChI is InChI=1S/C13H9ClFNO3/c14-9-1-2-11(16-12(9)6-18)8-4-13(19)7(5-17)3-10(8)15/h1-5,18-19H,6H2. The molecular weight excluding hydrogens is 273 g/mol. The van der Waals surface area contributed by atoms with Crippen LogP contribution in [-0.4, -0.2) is 21.5 Å². The van der Waals surface area contributed by atoms with Crippen molar-refractivity contribution in [2.24, 2.45) is 0 Å². The Bertz CT molecular complexity index is 646. The van der Waals surface area contributed by atoms with E-state index in [9.17, 15) is 14.3 Å². The molecule has 2 rings (SSSR count). The minimum atomic E-state index is -0.696. The Labute approximate surface area is 113 Å². The highest BCUT2D eigenvalue weighted by atomic mass is 35.5. The summed E-state index contributed by atoms with van der Waals surface area (Å²) in [5.74, 6) is -1.03. The molecule has 4 nitrogen and oxygen atoms in total. The van der Waals surface area contributed by atoms with Crippen molar-refractivity contribution in [1.29, 1.82) is 0 Å². The van der Waals surface area contributed by atoms with Crippen molar-refractivity contribution in [2.75, 3.05) is 0 Å². The van der Waals surface area contributed by atoms with Crippen molar-refractivity contribution in [1.82, 2.24) is 4.98 Å². The number of aromatic nitrogens is 1. The van der Waals surface area contributed by atoms with Crippen LogP contribution >= 0.6 is 11.6 Å². The van der Waals surface area contributed by atoms with Gasteiger partial charge < -0.3 is 10.2 Å². The van der Waals surface area contributed by atoms with E-state index in [4.69, 9.17) is 16.7 Å². The van der Waals surface area contributed by atoms with E-state index < -0.39 is 5.82 Å². The van der Waals surface area contributed by atoms with Crippen LogP contribution in [0.3, 0.4) is 0 Å². The molecule has 19 heavy (non-hydrogen) atoms. The summed E-state index contributed by atoms with van der Waals surface area (Å²) < 4.78 is 13.8. The third-order valence-electron chi connectivity index (χ3n) is 2.59. The number of phenols is 1. The molecule has 2 N–H and O–H groups in total. The maximum Gasteiger partial charge on any atom is 0.153 e. The van der Waals surface area contributed by atoms with Gasteiger partial charge in [-0.05, 0) is 24.3 Å². The highest BCUT2D eigenvalue weighted by Gasteiger charge is 2.13. The molecule has 0 bridgehead atoms. The largest absolute Gasteiger partial charge is 0.507 e. The summed E-state index contributed by atoms with van der Waals surface area (Å²) in [6.07, 6.45) is 0.358. The molecule has 6 heteroatoms. The number of aldehydes is 1. The number of carbonyl (C=O) groups is 1. The number of rotatable bonds is 3. The Kier molecular flexibility index (Phi) is 3.78. The fourth-order valence-electron chi connectivity index (χ4n) is 1.61. The van der Waals surface area contributed by atoms with Gasteiger partial charge in [0.05, 0.1) is 28.6 Å². The summed E-state index contributed by atoms with van der Waals surface area (Å²) in [4.78, 5) is 14.6. The highest BCUT2D eigenvalue weighted by molar-refractivity contribution is 6.31. The van der Waals surface area contributed by atoms with Gasteiger partial charge in [0, 0.05) is 5.56 Å². The minimum Gasteiger partial charge on any atom is -0.507 e. The van der Waals surface area contributed by atoms with E-state index in [1.165, 1.54) is 12.1 Å². The molecule has 0 aliphatic rings. The van der Waals surface area contributed by atoms with Gasteiger partial charge in [-0.15, -0.1) is 0 Å². The molecule has 0 fully saturated rings. The molecule has 0 aliphatic carbocycles. The van der Waals surface area contributed by atoms with Gasteiger partial charge in [-0.3, -0.25) is 4.79 Å². The van der Waals surface area contributed by atoms with E-state index in [0.717, 1.165) is 12.1 Å². The molecule has 2 aromatic rings.